The molecule has 0 amide bonds. The smallest absolute Gasteiger partial charge is 0.120 e. The summed E-state index contributed by atoms with van der Waals surface area (Å²) in [5, 5.41) is 9.44. The van der Waals surface area contributed by atoms with E-state index in [1.54, 1.807) is 0 Å². The van der Waals surface area contributed by atoms with Gasteiger partial charge in [0.2, 0.25) is 0 Å². The van der Waals surface area contributed by atoms with Gasteiger partial charge in [0.25, 0.3) is 0 Å². The molecule has 0 bridgehead atoms. The van der Waals surface area contributed by atoms with E-state index in [1.165, 1.54) is 44.1 Å². The summed E-state index contributed by atoms with van der Waals surface area (Å²) in [4.78, 5) is 4.91. The third-order valence-corrected chi connectivity index (χ3v) is 6.35. The Hall–Kier alpha value is -0.860. The number of rotatable bonds is 4. The molecule has 0 aliphatic heterocycles. The van der Waals surface area contributed by atoms with Crippen molar-refractivity contribution in [1.82, 2.24) is 0 Å². The molecule has 0 saturated heterocycles. The molecule has 0 radical (unpaired) electrons. The maximum absolute atomic E-state index is 9.44. The van der Waals surface area contributed by atoms with Crippen molar-refractivity contribution in [3.05, 3.63) is 35.4 Å². The Morgan fingerprint density at radius 2 is 1.39 bits per heavy atom. The number of benzene rings is 1. The second-order valence-corrected chi connectivity index (χ2v) is 8.17. The molecule has 0 spiro atoms. The average molecular weight is 321 g/mol. The first kappa shape index (κ1) is 17.0. The minimum atomic E-state index is -0.150. The molecule has 1 aromatic carbocycles. The maximum atomic E-state index is 9.44. The predicted molar refractivity (Wildman–Crippen MR) is 98.6 cm³/mol. The van der Waals surface area contributed by atoms with Crippen LogP contribution < -0.4 is 0 Å². The van der Waals surface area contributed by atoms with Crippen LogP contribution in [-0.2, 0) is 4.89 Å². The largest absolute Gasteiger partial charge is 0.251 e. The van der Waals surface area contributed by atoms with E-state index in [2.05, 4.69) is 38.1 Å². The quantitative estimate of drug-likeness (QED) is 0.486. The highest BCUT2D eigenvalue weighted by atomic mass is 17.1. The Morgan fingerprint density at radius 3 is 1.91 bits per heavy atom. The third-order valence-electron chi connectivity index (χ3n) is 6.35. The SMILES string of the molecule is CC1CCC(c2ccc(C(OO)C3CCC(C)CC3)cc2)CC1.[HH].[HH]. The van der Waals surface area contributed by atoms with Gasteiger partial charge in [0.1, 0.15) is 6.10 Å². The Bertz CT molecular complexity index is 475. The van der Waals surface area contributed by atoms with Crippen LogP contribution in [0.4, 0.5) is 0 Å². The van der Waals surface area contributed by atoms with E-state index >= 15 is 0 Å². The van der Waals surface area contributed by atoms with Crippen molar-refractivity contribution in [3.8, 4) is 0 Å². The van der Waals surface area contributed by atoms with Crippen LogP contribution in [0.2, 0.25) is 0 Å². The maximum Gasteiger partial charge on any atom is 0.120 e. The van der Waals surface area contributed by atoms with E-state index in [4.69, 9.17) is 4.89 Å². The van der Waals surface area contributed by atoms with Gasteiger partial charge in [-0.2, -0.15) is 0 Å². The van der Waals surface area contributed by atoms with E-state index < -0.39 is 0 Å². The fourth-order valence-corrected chi connectivity index (χ4v) is 4.56. The van der Waals surface area contributed by atoms with Crippen molar-refractivity contribution >= 4 is 0 Å². The summed E-state index contributed by atoms with van der Waals surface area (Å²) in [6, 6.07) is 8.92. The van der Waals surface area contributed by atoms with Gasteiger partial charge in [-0.3, -0.25) is 5.26 Å². The van der Waals surface area contributed by atoms with Crippen molar-refractivity contribution in [2.24, 2.45) is 17.8 Å². The molecule has 2 saturated carbocycles. The molecule has 3 rings (SSSR count). The highest BCUT2D eigenvalue weighted by Crippen LogP contribution is 2.40. The lowest BCUT2D eigenvalue weighted by molar-refractivity contribution is -0.296. The monoisotopic (exact) mass is 320 g/mol. The van der Waals surface area contributed by atoms with Gasteiger partial charge >= 0.3 is 0 Å². The molecule has 2 heteroatoms. The Kier molecular flexibility index (Phi) is 5.76. The summed E-state index contributed by atoms with van der Waals surface area (Å²) in [7, 11) is 0. The van der Waals surface area contributed by atoms with E-state index in [0.29, 0.717) is 5.92 Å². The van der Waals surface area contributed by atoms with Crippen molar-refractivity contribution in [2.75, 3.05) is 0 Å². The van der Waals surface area contributed by atoms with Crippen LogP contribution in [-0.4, -0.2) is 5.26 Å². The molecule has 132 valence electrons. The summed E-state index contributed by atoms with van der Waals surface area (Å²) in [5.74, 6) is 2.90. The fourth-order valence-electron chi connectivity index (χ4n) is 4.56. The van der Waals surface area contributed by atoms with Crippen LogP contribution in [0.3, 0.4) is 0 Å². The summed E-state index contributed by atoms with van der Waals surface area (Å²) >= 11 is 0. The van der Waals surface area contributed by atoms with Gasteiger partial charge in [-0.25, -0.2) is 4.89 Å². The fraction of sp³-hybridized carbons (Fsp3) is 0.714. The Labute approximate surface area is 144 Å². The highest BCUT2D eigenvalue weighted by molar-refractivity contribution is 5.27. The van der Waals surface area contributed by atoms with Gasteiger partial charge in [0.05, 0.1) is 0 Å². The lowest BCUT2D eigenvalue weighted by Crippen LogP contribution is -2.21. The van der Waals surface area contributed by atoms with E-state index in [9.17, 15) is 5.26 Å². The minimum absolute atomic E-state index is 0. The Balaban J connectivity index is 0.00000156. The van der Waals surface area contributed by atoms with Crippen molar-refractivity contribution in [2.45, 2.75) is 77.2 Å². The second kappa shape index (κ2) is 7.81. The average Bonchev–Trinajstić information content (AvgIpc) is 2.59. The molecule has 1 N–H and O–H groups in total. The van der Waals surface area contributed by atoms with Gasteiger partial charge in [-0.05, 0) is 60.5 Å². The summed E-state index contributed by atoms with van der Waals surface area (Å²) in [6.07, 6.45) is 10.0. The first-order chi connectivity index (χ1) is 11.2. The molecule has 2 aliphatic rings. The zero-order valence-electron chi connectivity index (χ0n) is 14.7. The second-order valence-electron chi connectivity index (χ2n) is 8.17. The topological polar surface area (TPSA) is 29.5 Å². The van der Waals surface area contributed by atoms with Crippen LogP contribution in [0, 0.1) is 17.8 Å². The summed E-state index contributed by atoms with van der Waals surface area (Å²) < 4.78 is 0. The van der Waals surface area contributed by atoms with Crippen molar-refractivity contribution in [1.29, 1.82) is 0 Å². The molecular formula is C21H36O2. The molecule has 1 unspecified atom stereocenters. The van der Waals surface area contributed by atoms with Crippen molar-refractivity contribution in [3.63, 3.8) is 0 Å². The number of hydrogen-bond donors (Lipinski definition) is 1. The summed E-state index contributed by atoms with van der Waals surface area (Å²) in [5.41, 5.74) is 2.61. The number of hydrogen-bond acceptors (Lipinski definition) is 2. The Morgan fingerprint density at radius 1 is 0.870 bits per heavy atom. The van der Waals surface area contributed by atoms with Crippen molar-refractivity contribution < 1.29 is 13.0 Å². The standard InChI is InChI=1S/C21H32O2.2H2/c1-15-3-7-17(8-4-15)18-11-13-20(14-12-18)21(23-22)19-9-5-16(2)6-10-19;;/h11-17,19,21-22H,3-10H2,1-2H3;2*1H. The van der Waals surface area contributed by atoms with Gasteiger partial charge in [0, 0.05) is 2.85 Å². The van der Waals surface area contributed by atoms with Crippen LogP contribution in [0.1, 0.15) is 91.2 Å². The van der Waals surface area contributed by atoms with Gasteiger partial charge in [-0.15, -0.1) is 0 Å². The lowest BCUT2D eigenvalue weighted by atomic mass is 9.77. The van der Waals surface area contributed by atoms with Gasteiger partial charge in [-0.1, -0.05) is 63.8 Å². The molecule has 2 nitrogen and oxygen atoms in total. The zero-order valence-corrected chi connectivity index (χ0v) is 14.7. The molecular weight excluding hydrogens is 284 g/mol. The minimum Gasteiger partial charge on any atom is -0.251 e. The van der Waals surface area contributed by atoms with Crippen LogP contribution >= 0.6 is 0 Å². The van der Waals surface area contributed by atoms with E-state index in [0.717, 1.165) is 36.2 Å². The molecule has 2 fully saturated rings. The van der Waals surface area contributed by atoms with Crippen LogP contribution in [0.5, 0.6) is 0 Å². The molecule has 23 heavy (non-hydrogen) atoms. The lowest BCUT2D eigenvalue weighted by Gasteiger charge is -2.31. The van der Waals surface area contributed by atoms with Crippen LogP contribution in [0.25, 0.3) is 0 Å². The first-order valence-electron chi connectivity index (χ1n) is 9.57. The normalized spacial score (nSPS) is 33.3. The van der Waals surface area contributed by atoms with Gasteiger partial charge in [0.15, 0.2) is 0 Å². The zero-order chi connectivity index (χ0) is 16.2. The summed E-state index contributed by atoms with van der Waals surface area (Å²) in [6.45, 7) is 4.69. The molecule has 1 aromatic rings. The van der Waals surface area contributed by atoms with E-state index in [1.807, 2.05) is 0 Å². The third kappa shape index (κ3) is 4.16. The van der Waals surface area contributed by atoms with Crippen LogP contribution in [0.15, 0.2) is 24.3 Å². The molecule has 0 heterocycles. The molecule has 1 atom stereocenters. The predicted octanol–water partition coefficient (Wildman–Crippen LogP) is 6.83. The first-order valence-corrected chi connectivity index (χ1v) is 9.57. The molecule has 2 aliphatic carbocycles. The van der Waals surface area contributed by atoms with E-state index in [-0.39, 0.29) is 8.96 Å². The molecule has 0 aromatic heterocycles. The van der Waals surface area contributed by atoms with Gasteiger partial charge < -0.3 is 0 Å². The highest BCUT2D eigenvalue weighted by Gasteiger charge is 2.28.